The monoisotopic (exact) mass is 323 g/mol. The fraction of sp³-hybridized carbons (Fsp3) is 0.158. The Morgan fingerprint density at radius 1 is 1.04 bits per heavy atom. The summed E-state index contributed by atoms with van der Waals surface area (Å²) >= 11 is 5.20. The Balaban J connectivity index is 1.70. The Kier molecular flexibility index (Phi) is 7.01. The van der Waals surface area contributed by atoms with E-state index in [-0.39, 0.29) is 0 Å². The second kappa shape index (κ2) is 9.54. The summed E-state index contributed by atoms with van der Waals surface area (Å²) in [6.45, 7) is 2.79. The minimum atomic E-state index is 0.532. The van der Waals surface area contributed by atoms with Gasteiger partial charge in [0.25, 0.3) is 0 Å². The Hall–Kier alpha value is -2.46. The molecule has 2 aromatic rings. The van der Waals surface area contributed by atoms with Crippen LogP contribution in [0.1, 0.15) is 18.1 Å². The molecule has 3 nitrogen and oxygen atoms in total. The van der Waals surface area contributed by atoms with Crippen molar-refractivity contribution in [2.24, 2.45) is 5.10 Å². The van der Waals surface area contributed by atoms with Crippen LogP contribution in [-0.2, 0) is 6.42 Å². The Morgan fingerprint density at radius 2 is 1.70 bits per heavy atom. The molecular weight excluding hydrogens is 302 g/mol. The van der Waals surface area contributed by atoms with E-state index in [2.05, 4.69) is 46.2 Å². The van der Waals surface area contributed by atoms with Crippen LogP contribution < -0.4 is 10.7 Å². The van der Waals surface area contributed by atoms with Crippen LogP contribution in [0.3, 0.4) is 0 Å². The third-order valence-corrected chi connectivity index (χ3v) is 3.41. The smallest absolute Gasteiger partial charge is 0.186 e. The second-order valence-electron chi connectivity index (χ2n) is 5.16. The number of allylic oxidation sites excluding steroid dienone is 1. The maximum Gasteiger partial charge on any atom is 0.186 e. The second-order valence-corrected chi connectivity index (χ2v) is 5.57. The molecule has 0 aliphatic rings. The first-order valence-electron chi connectivity index (χ1n) is 7.58. The number of thiocarbonyl (C=S) groups is 1. The molecule has 0 bridgehead atoms. The molecule has 0 heterocycles. The summed E-state index contributed by atoms with van der Waals surface area (Å²) in [6, 6.07) is 20.4. The summed E-state index contributed by atoms with van der Waals surface area (Å²) in [5.74, 6) is 0. The van der Waals surface area contributed by atoms with Crippen molar-refractivity contribution in [3.63, 3.8) is 0 Å². The number of nitrogens with zero attached hydrogens (tertiary/aromatic N) is 1. The van der Waals surface area contributed by atoms with Crippen molar-refractivity contribution >= 4 is 29.6 Å². The standard InChI is InChI=1S/C19H21N3S/c1-16(14-18-10-6-3-7-11-18)15-21-22-19(23)20-13-12-17-8-4-2-5-9-17/h2-11,14-15H,12-13H2,1H3,(H2,20,22,23). The minimum Gasteiger partial charge on any atom is -0.361 e. The van der Waals surface area contributed by atoms with Gasteiger partial charge in [0, 0.05) is 6.54 Å². The normalized spacial score (nSPS) is 11.4. The number of hydrogen-bond donors (Lipinski definition) is 2. The van der Waals surface area contributed by atoms with E-state index >= 15 is 0 Å². The molecule has 118 valence electrons. The summed E-state index contributed by atoms with van der Waals surface area (Å²) in [6.07, 6.45) is 4.76. The zero-order valence-corrected chi connectivity index (χ0v) is 14.0. The lowest BCUT2D eigenvalue weighted by Crippen LogP contribution is -2.33. The van der Waals surface area contributed by atoms with Crippen molar-refractivity contribution < 1.29 is 0 Å². The van der Waals surface area contributed by atoms with Gasteiger partial charge in [0.1, 0.15) is 0 Å². The van der Waals surface area contributed by atoms with Crippen LogP contribution in [0.2, 0.25) is 0 Å². The number of rotatable bonds is 6. The van der Waals surface area contributed by atoms with Gasteiger partial charge in [-0.15, -0.1) is 0 Å². The van der Waals surface area contributed by atoms with Crippen molar-refractivity contribution in [1.82, 2.24) is 10.7 Å². The molecule has 0 saturated heterocycles. The van der Waals surface area contributed by atoms with Gasteiger partial charge in [-0.1, -0.05) is 66.7 Å². The van der Waals surface area contributed by atoms with Crippen LogP contribution in [0, 0.1) is 0 Å². The molecule has 23 heavy (non-hydrogen) atoms. The van der Waals surface area contributed by atoms with Gasteiger partial charge in [-0.3, -0.25) is 5.43 Å². The van der Waals surface area contributed by atoms with E-state index in [1.165, 1.54) is 5.56 Å². The summed E-state index contributed by atoms with van der Waals surface area (Å²) in [5, 5.41) is 7.82. The summed E-state index contributed by atoms with van der Waals surface area (Å²) in [7, 11) is 0. The van der Waals surface area contributed by atoms with Crippen LogP contribution in [0.25, 0.3) is 6.08 Å². The van der Waals surface area contributed by atoms with Gasteiger partial charge in [0.2, 0.25) is 0 Å². The molecule has 0 unspecified atom stereocenters. The van der Waals surface area contributed by atoms with Crippen LogP contribution in [0.4, 0.5) is 0 Å². The third kappa shape index (κ3) is 6.89. The highest BCUT2D eigenvalue weighted by atomic mass is 32.1. The molecule has 2 aromatic carbocycles. The first-order chi connectivity index (χ1) is 11.2. The van der Waals surface area contributed by atoms with Gasteiger partial charge in [-0.2, -0.15) is 5.10 Å². The topological polar surface area (TPSA) is 36.4 Å². The molecule has 0 amide bonds. The predicted molar refractivity (Wildman–Crippen MR) is 102 cm³/mol. The summed E-state index contributed by atoms with van der Waals surface area (Å²) < 4.78 is 0. The van der Waals surface area contributed by atoms with E-state index in [4.69, 9.17) is 12.2 Å². The minimum absolute atomic E-state index is 0.532. The predicted octanol–water partition coefficient (Wildman–Crippen LogP) is 3.78. The molecule has 0 radical (unpaired) electrons. The van der Waals surface area contributed by atoms with E-state index in [9.17, 15) is 0 Å². The van der Waals surface area contributed by atoms with Gasteiger partial charge in [0.15, 0.2) is 5.11 Å². The van der Waals surface area contributed by atoms with Gasteiger partial charge in [0.05, 0.1) is 6.21 Å². The number of nitrogens with one attached hydrogen (secondary N) is 2. The molecule has 0 aliphatic heterocycles. The molecular formula is C19H21N3S. The lowest BCUT2D eigenvalue weighted by Gasteiger charge is -2.06. The lowest BCUT2D eigenvalue weighted by molar-refractivity contribution is 0.838. The zero-order valence-electron chi connectivity index (χ0n) is 13.2. The van der Waals surface area contributed by atoms with E-state index in [0.29, 0.717) is 5.11 Å². The number of hydrogen-bond acceptors (Lipinski definition) is 2. The zero-order chi connectivity index (χ0) is 16.3. The SMILES string of the molecule is CC(C=NNC(=S)NCCc1ccccc1)=Cc1ccccc1. The Bertz CT molecular complexity index is 664. The fourth-order valence-corrected chi connectivity index (χ4v) is 2.20. The van der Waals surface area contributed by atoms with Gasteiger partial charge in [-0.25, -0.2) is 0 Å². The maximum atomic E-state index is 5.20. The lowest BCUT2D eigenvalue weighted by atomic mass is 10.1. The van der Waals surface area contributed by atoms with Gasteiger partial charge in [-0.05, 0) is 42.3 Å². The molecule has 2 N–H and O–H groups in total. The van der Waals surface area contributed by atoms with Crippen LogP contribution in [-0.4, -0.2) is 17.9 Å². The molecule has 4 heteroatoms. The number of benzene rings is 2. The van der Waals surface area contributed by atoms with Crippen molar-refractivity contribution in [2.45, 2.75) is 13.3 Å². The highest BCUT2D eigenvalue weighted by molar-refractivity contribution is 7.80. The highest BCUT2D eigenvalue weighted by Crippen LogP contribution is 2.04. The number of hydrazone groups is 1. The summed E-state index contributed by atoms with van der Waals surface area (Å²) in [5.41, 5.74) is 6.32. The molecule has 0 fully saturated rings. The average Bonchev–Trinajstić information content (AvgIpc) is 2.57. The Labute approximate surface area is 143 Å². The first kappa shape index (κ1) is 16.9. The van der Waals surface area contributed by atoms with Crippen molar-refractivity contribution in [2.75, 3.05) is 6.54 Å². The van der Waals surface area contributed by atoms with Crippen molar-refractivity contribution in [1.29, 1.82) is 0 Å². The Morgan fingerprint density at radius 3 is 2.39 bits per heavy atom. The average molecular weight is 323 g/mol. The molecule has 0 aromatic heterocycles. The molecule has 0 spiro atoms. The van der Waals surface area contributed by atoms with Crippen LogP contribution in [0.5, 0.6) is 0 Å². The third-order valence-electron chi connectivity index (χ3n) is 3.17. The largest absolute Gasteiger partial charge is 0.361 e. The van der Waals surface area contributed by atoms with Crippen molar-refractivity contribution in [3.05, 3.63) is 77.4 Å². The maximum absolute atomic E-state index is 5.20. The molecule has 0 aliphatic carbocycles. The highest BCUT2D eigenvalue weighted by Gasteiger charge is 1.94. The van der Waals surface area contributed by atoms with E-state index < -0.39 is 0 Å². The van der Waals surface area contributed by atoms with Crippen molar-refractivity contribution in [3.8, 4) is 0 Å². The fourth-order valence-electron chi connectivity index (χ4n) is 2.05. The van der Waals surface area contributed by atoms with Gasteiger partial charge < -0.3 is 5.32 Å². The molecule has 0 saturated carbocycles. The van der Waals surface area contributed by atoms with Crippen LogP contribution >= 0.6 is 12.2 Å². The van der Waals surface area contributed by atoms with Crippen LogP contribution in [0.15, 0.2) is 71.3 Å². The molecule has 2 rings (SSSR count). The van der Waals surface area contributed by atoms with Gasteiger partial charge >= 0.3 is 0 Å². The first-order valence-corrected chi connectivity index (χ1v) is 7.99. The van der Waals surface area contributed by atoms with E-state index in [1.54, 1.807) is 6.21 Å². The molecule has 0 atom stereocenters. The summed E-state index contributed by atoms with van der Waals surface area (Å²) in [4.78, 5) is 0. The van der Waals surface area contributed by atoms with E-state index in [0.717, 1.165) is 24.1 Å². The quantitative estimate of drug-likeness (QED) is 0.482. The van der Waals surface area contributed by atoms with E-state index in [1.807, 2.05) is 43.3 Å².